The highest BCUT2D eigenvalue weighted by Gasteiger charge is 2.37. The lowest BCUT2D eigenvalue weighted by Gasteiger charge is -2.24. The van der Waals surface area contributed by atoms with E-state index in [1.165, 1.54) is 0 Å². The Morgan fingerprint density at radius 3 is 2.82 bits per heavy atom. The van der Waals surface area contributed by atoms with E-state index in [0.717, 1.165) is 13.1 Å². The fraction of sp³-hybridized carbons (Fsp3) is 0.429. The molecule has 0 aliphatic carbocycles. The number of hydrogen-bond acceptors (Lipinski definition) is 6. The lowest BCUT2D eigenvalue weighted by atomic mass is 10.1. The molecular weight excluding hydrogens is 302 g/mol. The van der Waals surface area contributed by atoms with Crippen LogP contribution in [0.25, 0.3) is 0 Å². The maximum Gasteiger partial charge on any atom is 0.147 e. The van der Waals surface area contributed by atoms with Gasteiger partial charge in [-0.15, -0.1) is 5.10 Å². The summed E-state index contributed by atoms with van der Waals surface area (Å²) in [5.41, 5.74) is 0.463. The molecule has 0 bridgehead atoms. The van der Waals surface area contributed by atoms with Gasteiger partial charge < -0.3 is 9.80 Å². The van der Waals surface area contributed by atoms with E-state index in [1.54, 1.807) is 18.5 Å². The van der Waals surface area contributed by atoms with Gasteiger partial charge in [-0.2, -0.15) is 5.26 Å². The second-order valence-corrected chi connectivity index (χ2v) is 5.93. The average Bonchev–Trinajstić information content (AvgIpc) is 3.15. The molecule has 0 amide bonds. The SMILES string of the molecule is CN(C)[C@@H]1CN(c2ncc(C#N)cc2Cl)C[C@@H]1n1ccnn1. The van der Waals surface area contributed by atoms with Gasteiger partial charge in [0.1, 0.15) is 11.9 Å². The third-order valence-corrected chi connectivity index (χ3v) is 4.23. The Morgan fingerprint density at radius 2 is 2.23 bits per heavy atom. The van der Waals surface area contributed by atoms with Gasteiger partial charge >= 0.3 is 0 Å². The molecule has 0 unspecified atom stereocenters. The van der Waals surface area contributed by atoms with E-state index >= 15 is 0 Å². The van der Waals surface area contributed by atoms with Crippen LogP contribution in [0.4, 0.5) is 5.82 Å². The zero-order chi connectivity index (χ0) is 15.7. The number of pyridine rings is 1. The minimum Gasteiger partial charge on any atom is -0.352 e. The first-order valence-electron chi connectivity index (χ1n) is 6.93. The molecule has 1 saturated heterocycles. The molecule has 2 aromatic heterocycles. The van der Waals surface area contributed by atoms with Gasteiger partial charge in [0.2, 0.25) is 0 Å². The Bertz CT molecular complexity index is 692. The highest BCUT2D eigenvalue weighted by Crippen LogP contribution is 2.32. The molecule has 0 radical (unpaired) electrons. The van der Waals surface area contributed by atoms with Crippen LogP contribution >= 0.6 is 11.6 Å². The molecule has 7 nitrogen and oxygen atoms in total. The second-order valence-electron chi connectivity index (χ2n) is 5.53. The van der Waals surface area contributed by atoms with E-state index in [-0.39, 0.29) is 12.1 Å². The Labute approximate surface area is 133 Å². The van der Waals surface area contributed by atoms with Crippen molar-refractivity contribution in [2.24, 2.45) is 0 Å². The Balaban J connectivity index is 1.89. The summed E-state index contributed by atoms with van der Waals surface area (Å²) in [4.78, 5) is 8.64. The van der Waals surface area contributed by atoms with Gasteiger partial charge in [0.25, 0.3) is 0 Å². The van der Waals surface area contributed by atoms with Crippen LogP contribution in [-0.4, -0.2) is 58.1 Å². The minimum absolute atomic E-state index is 0.172. The molecule has 22 heavy (non-hydrogen) atoms. The minimum atomic E-state index is 0.172. The molecule has 2 atom stereocenters. The Kier molecular flexibility index (Phi) is 3.96. The largest absolute Gasteiger partial charge is 0.352 e. The van der Waals surface area contributed by atoms with Gasteiger partial charge in [0, 0.05) is 25.5 Å². The van der Waals surface area contributed by atoms with Crippen molar-refractivity contribution in [2.75, 3.05) is 32.1 Å². The van der Waals surface area contributed by atoms with E-state index in [2.05, 4.69) is 25.1 Å². The van der Waals surface area contributed by atoms with Crippen molar-refractivity contribution in [1.29, 1.82) is 5.26 Å². The molecule has 1 aliphatic heterocycles. The average molecular weight is 318 g/mol. The second kappa shape index (κ2) is 5.91. The van der Waals surface area contributed by atoms with E-state index in [4.69, 9.17) is 16.9 Å². The van der Waals surface area contributed by atoms with Crippen molar-refractivity contribution >= 4 is 17.4 Å². The topological polar surface area (TPSA) is 73.9 Å². The summed E-state index contributed by atoms with van der Waals surface area (Å²) < 4.78 is 1.88. The van der Waals surface area contributed by atoms with Crippen molar-refractivity contribution in [3.8, 4) is 6.07 Å². The number of anilines is 1. The molecule has 0 saturated carbocycles. The first-order chi connectivity index (χ1) is 10.6. The number of aromatic nitrogens is 4. The monoisotopic (exact) mass is 317 g/mol. The quantitative estimate of drug-likeness (QED) is 0.846. The summed E-state index contributed by atoms with van der Waals surface area (Å²) in [6, 6.07) is 4.14. The molecule has 2 aromatic rings. The summed E-state index contributed by atoms with van der Waals surface area (Å²) in [5.74, 6) is 0.704. The molecular formula is C14H16ClN7. The lowest BCUT2D eigenvalue weighted by molar-refractivity contribution is 0.243. The van der Waals surface area contributed by atoms with Gasteiger partial charge in [-0.05, 0) is 20.2 Å². The van der Waals surface area contributed by atoms with Crippen molar-refractivity contribution in [1.82, 2.24) is 24.9 Å². The highest BCUT2D eigenvalue weighted by molar-refractivity contribution is 6.33. The summed E-state index contributed by atoms with van der Waals surface area (Å²) in [7, 11) is 4.10. The van der Waals surface area contributed by atoms with Gasteiger partial charge in [-0.1, -0.05) is 16.8 Å². The van der Waals surface area contributed by atoms with Crippen LogP contribution in [0.15, 0.2) is 24.7 Å². The molecule has 0 aromatic carbocycles. The predicted octanol–water partition coefficient (Wildman–Crippen LogP) is 1.19. The Morgan fingerprint density at radius 1 is 1.41 bits per heavy atom. The van der Waals surface area contributed by atoms with Crippen molar-refractivity contribution in [3.63, 3.8) is 0 Å². The smallest absolute Gasteiger partial charge is 0.147 e. The fourth-order valence-corrected chi connectivity index (χ4v) is 3.11. The zero-order valence-corrected chi connectivity index (χ0v) is 13.1. The lowest BCUT2D eigenvalue weighted by Crippen LogP contribution is -2.36. The first kappa shape index (κ1) is 14.8. The number of likely N-dealkylation sites (N-methyl/N-ethyl adjacent to an activating group) is 1. The van der Waals surface area contributed by atoms with E-state index in [9.17, 15) is 0 Å². The molecule has 3 rings (SSSR count). The third kappa shape index (κ3) is 2.63. The zero-order valence-electron chi connectivity index (χ0n) is 12.4. The number of halogens is 1. The van der Waals surface area contributed by atoms with E-state index in [0.29, 0.717) is 16.4 Å². The maximum absolute atomic E-state index is 8.91. The molecule has 3 heterocycles. The molecule has 8 heteroatoms. The summed E-state index contributed by atoms with van der Waals surface area (Å²) in [5, 5.41) is 17.4. The number of nitriles is 1. The third-order valence-electron chi connectivity index (χ3n) is 3.95. The Hall–Kier alpha value is -2.17. The predicted molar refractivity (Wildman–Crippen MR) is 82.7 cm³/mol. The number of nitrogens with zero attached hydrogens (tertiary/aromatic N) is 7. The van der Waals surface area contributed by atoms with Gasteiger partial charge in [0.05, 0.1) is 28.9 Å². The molecule has 0 spiro atoms. The summed E-state index contributed by atoms with van der Waals surface area (Å²) in [6.07, 6.45) is 5.11. The van der Waals surface area contributed by atoms with Crippen LogP contribution in [-0.2, 0) is 0 Å². The standard InChI is InChI=1S/C14H16ClN7/c1-20(2)12-8-21(9-13(12)22-4-3-18-19-22)14-11(15)5-10(6-16)7-17-14/h3-5,7,12-13H,8-9H2,1-2H3/t12-,13+/m1/s1. The van der Waals surface area contributed by atoms with E-state index in [1.807, 2.05) is 31.0 Å². The highest BCUT2D eigenvalue weighted by atomic mass is 35.5. The molecule has 0 N–H and O–H groups in total. The maximum atomic E-state index is 8.91. The molecule has 1 fully saturated rings. The van der Waals surface area contributed by atoms with Crippen LogP contribution in [0.5, 0.6) is 0 Å². The normalized spacial score (nSPS) is 21.3. The van der Waals surface area contributed by atoms with Gasteiger partial charge in [-0.3, -0.25) is 0 Å². The van der Waals surface area contributed by atoms with Crippen LogP contribution in [0.3, 0.4) is 0 Å². The van der Waals surface area contributed by atoms with Crippen LogP contribution in [0, 0.1) is 11.3 Å². The van der Waals surface area contributed by atoms with Crippen LogP contribution in [0.2, 0.25) is 5.02 Å². The van der Waals surface area contributed by atoms with Crippen molar-refractivity contribution < 1.29 is 0 Å². The van der Waals surface area contributed by atoms with Crippen LogP contribution < -0.4 is 4.90 Å². The van der Waals surface area contributed by atoms with Gasteiger partial charge in [-0.25, -0.2) is 9.67 Å². The first-order valence-corrected chi connectivity index (χ1v) is 7.30. The van der Waals surface area contributed by atoms with Crippen molar-refractivity contribution in [3.05, 3.63) is 35.2 Å². The van der Waals surface area contributed by atoms with Gasteiger partial charge in [0.15, 0.2) is 0 Å². The van der Waals surface area contributed by atoms with Crippen molar-refractivity contribution in [2.45, 2.75) is 12.1 Å². The summed E-state index contributed by atoms with van der Waals surface area (Å²) >= 11 is 6.28. The molecule has 114 valence electrons. The number of rotatable bonds is 3. The fourth-order valence-electron chi connectivity index (χ4n) is 2.83. The van der Waals surface area contributed by atoms with Crippen LogP contribution in [0.1, 0.15) is 11.6 Å². The number of hydrogen-bond donors (Lipinski definition) is 0. The molecule has 1 aliphatic rings. The summed E-state index contributed by atoms with van der Waals surface area (Å²) in [6.45, 7) is 1.53. The van der Waals surface area contributed by atoms with E-state index < -0.39 is 0 Å².